The summed E-state index contributed by atoms with van der Waals surface area (Å²) in [6.07, 6.45) is 7.18. The van der Waals surface area contributed by atoms with Crippen LogP contribution < -0.4 is 0 Å². The number of carbonyl (C=O) groups excluding carboxylic acids is 3. The Morgan fingerprint density at radius 2 is 1.79 bits per heavy atom. The lowest BCUT2D eigenvalue weighted by Gasteiger charge is -2.59. The van der Waals surface area contributed by atoms with Crippen LogP contribution in [0.3, 0.4) is 0 Å². The Balaban J connectivity index is 1.66. The molecule has 0 bridgehead atoms. The molecule has 24 heavy (non-hydrogen) atoms. The second kappa shape index (κ2) is 5.25. The molecule has 4 rings (SSSR count). The number of ketones is 3. The quantitative estimate of drug-likeness (QED) is 0.730. The molecule has 0 radical (unpaired) electrons. The molecule has 3 nitrogen and oxygen atoms in total. The summed E-state index contributed by atoms with van der Waals surface area (Å²) in [7, 11) is 0. The maximum Gasteiger partial charge on any atom is 0.139 e. The summed E-state index contributed by atoms with van der Waals surface area (Å²) in [4.78, 5) is 37.4. The van der Waals surface area contributed by atoms with E-state index in [9.17, 15) is 14.4 Å². The number of Topliss-reactive ketones (excluding diaryl/α,β-unsaturated/α-hetero) is 3. The van der Waals surface area contributed by atoms with Gasteiger partial charge in [0.1, 0.15) is 17.3 Å². The minimum absolute atomic E-state index is 0.102. The van der Waals surface area contributed by atoms with Crippen molar-refractivity contribution >= 4 is 17.3 Å². The second-order valence-corrected chi connectivity index (χ2v) is 9.61. The van der Waals surface area contributed by atoms with Gasteiger partial charge in [0.25, 0.3) is 0 Å². The van der Waals surface area contributed by atoms with E-state index in [1.54, 1.807) is 6.92 Å². The van der Waals surface area contributed by atoms with E-state index in [0.717, 1.165) is 38.5 Å². The molecule has 4 saturated carbocycles. The van der Waals surface area contributed by atoms with Crippen LogP contribution in [0.2, 0.25) is 0 Å². The second-order valence-electron chi connectivity index (χ2n) is 9.61. The highest BCUT2D eigenvalue weighted by molar-refractivity contribution is 5.90. The highest BCUT2D eigenvalue weighted by Gasteiger charge is 2.62. The fourth-order valence-corrected chi connectivity index (χ4v) is 7.07. The smallest absolute Gasteiger partial charge is 0.139 e. The predicted octanol–water partition coefficient (Wildman–Crippen LogP) is 3.98. The maximum absolute atomic E-state index is 13.1. The van der Waals surface area contributed by atoms with E-state index in [1.807, 2.05) is 0 Å². The van der Waals surface area contributed by atoms with Gasteiger partial charge in [-0.1, -0.05) is 13.8 Å². The lowest BCUT2D eigenvalue weighted by Crippen LogP contribution is -2.57. The third-order valence-corrected chi connectivity index (χ3v) is 8.75. The molecule has 0 N–H and O–H groups in total. The average molecular weight is 330 g/mol. The van der Waals surface area contributed by atoms with Crippen molar-refractivity contribution in [3.05, 3.63) is 0 Å². The van der Waals surface area contributed by atoms with Crippen molar-refractivity contribution in [1.29, 1.82) is 0 Å². The van der Waals surface area contributed by atoms with Crippen LogP contribution in [0.5, 0.6) is 0 Å². The van der Waals surface area contributed by atoms with Gasteiger partial charge in [-0.05, 0) is 68.6 Å². The van der Waals surface area contributed by atoms with E-state index in [2.05, 4.69) is 13.8 Å². The summed E-state index contributed by atoms with van der Waals surface area (Å²) in [5.74, 6) is 2.43. The van der Waals surface area contributed by atoms with Gasteiger partial charge in [0, 0.05) is 30.1 Å². The summed E-state index contributed by atoms with van der Waals surface area (Å²) in [5, 5.41) is 0. The van der Waals surface area contributed by atoms with Crippen molar-refractivity contribution in [2.45, 2.75) is 72.1 Å². The van der Waals surface area contributed by atoms with Crippen LogP contribution in [-0.2, 0) is 14.4 Å². The van der Waals surface area contributed by atoms with Crippen molar-refractivity contribution < 1.29 is 14.4 Å². The van der Waals surface area contributed by atoms with E-state index in [1.165, 1.54) is 0 Å². The van der Waals surface area contributed by atoms with Crippen molar-refractivity contribution in [1.82, 2.24) is 0 Å². The third kappa shape index (κ3) is 2.05. The van der Waals surface area contributed by atoms with Gasteiger partial charge in [-0.3, -0.25) is 14.4 Å². The zero-order valence-electron chi connectivity index (χ0n) is 15.3. The molecule has 0 aromatic rings. The van der Waals surface area contributed by atoms with Gasteiger partial charge in [-0.25, -0.2) is 0 Å². The number of rotatable bonds is 1. The summed E-state index contributed by atoms with van der Waals surface area (Å²) in [6, 6.07) is 0. The Bertz CT molecular complexity index is 608. The van der Waals surface area contributed by atoms with Gasteiger partial charge >= 0.3 is 0 Å². The van der Waals surface area contributed by atoms with Crippen LogP contribution in [-0.4, -0.2) is 17.3 Å². The lowest BCUT2D eigenvalue weighted by atomic mass is 9.44. The van der Waals surface area contributed by atoms with Gasteiger partial charge in [0.15, 0.2) is 0 Å². The largest absolute Gasteiger partial charge is 0.300 e. The molecule has 4 aliphatic rings. The van der Waals surface area contributed by atoms with Crippen LogP contribution >= 0.6 is 0 Å². The molecule has 0 aromatic heterocycles. The lowest BCUT2D eigenvalue weighted by molar-refractivity contribution is -0.159. The molecule has 3 heteroatoms. The Hall–Kier alpha value is -0.990. The highest BCUT2D eigenvalue weighted by Crippen LogP contribution is 2.64. The van der Waals surface area contributed by atoms with Gasteiger partial charge in [0.2, 0.25) is 0 Å². The molecule has 0 amide bonds. The molecular formula is C21H30O3. The first-order valence-electron chi connectivity index (χ1n) is 9.84. The number of fused-ring (bicyclic) bond motifs is 5. The molecule has 0 saturated heterocycles. The molecule has 0 aliphatic heterocycles. The summed E-state index contributed by atoms with van der Waals surface area (Å²) in [5.41, 5.74) is -0.0475. The van der Waals surface area contributed by atoms with Crippen LogP contribution in [0.15, 0.2) is 0 Å². The van der Waals surface area contributed by atoms with E-state index in [-0.39, 0.29) is 28.6 Å². The molecule has 0 heterocycles. The fourth-order valence-electron chi connectivity index (χ4n) is 7.07. The van der Waals surface area contributed by atoms with E-state index in [4.69, 9.17) is 0 Å². The van der Waals surface area contributed by atoms with E-state index < -0.39 is 0 Å². The minimum atomic E-state index is -0.239. The summed E-state index contributed by atoms with van der Waals surface area (Å²) >= 11 is 0. The van der Waals surface area contributed by atoms with Crippen LogP contribution in [0, 0.1) is 40.4 Å². The standard InChI is InChI=1S/C21H30O3/c1-12(22)13-6-8-20(2)14(10-13)11-17(23)19-15-4-5-18(24)21(15,3)9-7-16(19)20/h13-16,19H,4-11H2,1-3H3/t13?,14-,15?,16?,19?,20+,21+/m1/s1. The van der Waals surface area contributed by atoms with E-state index in [0.29, 0.717) is 42.0 Å². The topological polar surface area (TPSA) is 51.2 Å². The van der Waals surface area contributed by atoms with E-state index >= 15 is 0 Å². The molecule has 4 fully saturated rings. The minimum Gasteiger partial charge on any atom is -0.300 e. The molecule has 7 atom stereocenters. The average Bonchev–Trinajstić information content (AvgIpc) is 2.83. The van der Waals surface area contributed by atoms with Crippen molar-refractivity contribution in [3.63, 3.8) is 0 Å². The van der Waals surface area contributed by atoms with Gasteiger partial charge < -0.3 is 0 Å². The summed E-state index contributed by atoms with van der Waals surface area (Å²) < 4.78 is 0. The molecule has 4 aliphatic carbocycles. The van der Waals surface area contributed by atoms with Crippen molar-refractivity contribution in [3.8, 4) is 0 Å². The monoisotopic (exact) mass is 330 g/mol. The van der Waals surface area contributed by atoms with Gasteiger partial charge in [-0.15, -0.1) is 0 Å². The Labute approximate surface area is 144 Å². The Kier molecular flexibility index (Phi) is 3.61. The molecular weight excluding hydrogens is 300 g/mol. The van der Waals surface area contributed by atoms with Crippen LogP contribution in [0.25, 0.3) is 0 Å². The first-order valence-corrected chi connectivity index (χ1v) is 9.84. The van der Waals surface area contributed by atoms with Crippen LogP contribution in [0.1, 0.15) is 72.1 Å². The SMILES string of the molecule is CC(=O)C1CC[C@]2(C)C3CC[C@]4(C)C(=O)CCC4C3C(=O)C[C@H]2C1. The third-order valence-electron chi connectivity index (χ3n) is 8.75. The predicted molar refractivity (Wildman–Crippen MR) is 91.3 cm³/mol. The number of hydrogen-bond donors (Lipinski definition) is 0. The number of carbonyl (C=O) groups is 3. The van der Waals surface area contributed by atoms with Crippen molar-refractivity contribution in [2.75, 3.05) is 0 Å². The fraction of sp³-hybridized carbons (Fsp3) is 0.857. The van der Waals surface area contributed by atoms with Gasteiger partial charge in [-0.2, -0.15) is 0 Å². The van der Waals surface area contributed by atoms with Gasteiger partial charge in [0.05, 0.1) is 0 Å². The van der Waals surface area contributed by atoms with Crippen molar-refractivity contribution in [2.24, 2.45) is 40.4 Å². The Morgan fingerprint density at radius 1 is 1.04 bits per heavy atom. The highest BCUT2D eigenvalue weighted by atomic mass is 16.1. The van der Waals surface area contributed by atoms with Crippen LogP contribution in [0.4, 0.5) is 0 Å². The zero-order chi connectivity index (χ0) is 17.3. The normalized spacial score (nSPS) is 50.9. The first-order chi connectivity index (χ1) is 11.3. The molecule has 0 spiro atoms. The molecule has 0 aromatic carbocycles. The zero-order valence-corrected chi connectivity index (χ0v) is 15.3. The summed E-state index contributed by atoms with van der Waals surface area (Å²) in [6.45, 7) is 6.21. The Morgan fingerprint density at radius 3 is 2.50 bits per heavy atom. The molecule has 132 valence electrons. The first kappa shape index (κ1) is 16.5. The molecule has 4 unspecified atom stereocenters. The maximum atomic E-state index is 13.1. The number of hydrogen-bond acceptors (Lipinski definition) is 3.